The maximum absolute atomic E-state index is 13.4. The summed E-state index contributed by atoms with van der Waals surface area (Å²) in [5.41, 5.74) is 1.64. The van der Waals surface area contributed by atoms with Crippen molar-refractivity contribution in [2.45, 2.75) is 25.2 Å². The molecule has 1 N–H and O–H groups in total. The van der Waals surface area contributed by atoms with Crippen LogP contribution in [-0.2, 0) is 6.54 Å². The molecule has 1 fully saturated rings. The number of nitrogens with zero attached hydrogens (tertiary/aromatic N) is 2. The SMILES string of the molecule is OC[C@@H]1C[C@H](F)CN1Cc1cc(-c2ccc(Cl)cc2)no1. The number of hydrogen-bond acceptors (Lipinski definition) is 4. The number of aliphatic hydroxyl groups excluding tert-OH is 1. The summed E-state index contributed by atoms with van der Waals surface area (Å²) in [5.74, 6) is 0.660. The van der Waals surface area contributed by atoms with E-state index >= 15 is 0 Å². The van der Waals surface area contributed by atoms with Gasteiger partial charge in [-0.25, -0.2) is 4.39 Å². The van der Waals surface area contributed by atoms with Crippen molar-refractivity contribution in [2.24, 2.45) is 0 Å². The van der Waals surface area contributed by atoms with Crippen molar-refractivity contribution in [2.75, 3.05) is 13.2 Å². The van der Waals surface area contributed by atoms with Crippen LogP contribution in [0.2, 0.25) is 5.02 Å². The average Bonchev–Trinajstić information content (AvgIpc) is 3.07. The molecule has 4 nitrogen and oxygen atoms in total. The molecule has 0 saturated carbocycles. The first-order chi connectivity index (χ1) is 10.2. The number of aliphatic hydroxyl groups is 1. The summed E-state index contributed by atoms with van der Waals surface area (Å²) in [6, 6.07) is 9.01. The fourth-order valence-corrected chi connectivity index (χ4v) is 2.78. The summed E-state index contributed by atoms with van der Waals surface area (Å²) in [6.45, 7) is 0.729. The second-order valence-corrected chi connectivity index (χ2v) is 5.72. The fraction of sp³-hybridized carbons (Fsp3) is 0.400. The first-order valence-corrected chi connectivity index (χ1v) is 7.24. The second kappa shape index (κ2) is 6.13. The number of alkyl halides is 1. The summed E-state index contributed by atoms with van der Waals surface area (Å²) in [7, 11) is 0. The van der Waals surface area contributed by atoms with Crippen molar-refractivity contribution < 1.29 is 14.0 Å². The lowest BCUT2D eigenvalue weighted by molar-refractivity contribution is 0.142. The van der Waals surface area contributed by atoms with Crippen LogP contribution in [0, 0.1) is 0 Å². The molecule has 0 aliphatic carbocycles. The minimum Gasteiger partial charge on any atom is -0.395 e. The van der Waals surface area contributed by atoms with E-state index in [1.54, 1.807) is 12.1 Å². The minimum atomic E-state index is -0.888. The van der Waals surface area contributed by atoms with Crippen LogP contribution in [0.1, 0.15) is 12.2 Å². The zero-order valence-corrected chi connectivity index (χ0v) is 12.1. The van der Waals surface area contributed by atoms with E-state index in [1.807, 2.05) is 23.1 Å². The van der Waals surface area contributed by atoms with E-state index in [-0.39, 0.29) is 12.6 Å². The molecule has 3 rings (SSSR count). The van der Waals surface area contributed by atoms with Gasteiger partial charge in [-0.2, -0.15) is 0 Å². The predicted octanol–water partition coefficient (Wildman–Crippen LogP) is 2.90. The van der Waals surface area contributed by atoms with Crippen molar-refractivity contribution in [1.82, 2.24) is 10.1 Å². The van der Waals surface area contributed by atoms with E-state index in [0.717, 1.165) is 11.3 Å². The zero-order chi connectivity index (χ0) is 14.8. The Kier molecular flexibility index (Phi) is 4.24. The molecule has 2 heterocycles. The van der Waals surface area contributed by atoms with Crippen LogP contribution in [0.15, 0.2) is 34.9 Å². The first-order valence-electron chi connectivity index (χ1n) is 6.86. The van der Waals surface area contributed by atoms with Gasteiger partial charge in [0.05, 0.1) is 13.2 Å². The molecule has 0 unspecified atom stereocenters. The summed E-state index contributed by atoms with van der Waals surface area (Å²) >= 11 is 5.85. The normalized spacial score (nSPS) is 22.8. The maximum atomic E-state index is 13.4. The summed E-state index contributed by atoms with van der Waals surface area (Å²) in [4.78, 5) is 1.89. The molecule has 1 saturated heterocycles. The predicted molar refractivity (Wildman–Crippen MR) is 77.7 cm³/mol. The molecular formula is C15H16ClFN2O2. The van der Waals surface area contributed by atoms with Gasteiger partial charge in [0.2, 0.25) is 0 Å². The Hall–Kier alpha value is -1.43. The molecule has 6 heteroatoms. The van der Waals surface area contributed by atoms with Crippen LogP contribution in [-0.4, -0.2) is 40.5 Å². The van der Waals surface area contributed by atoms with Gasteiger partial charge < -0.3 is 9.63 Å². The molecule has 2 aromatic rings. The van der Waals surface area contributed by atoms with Gasteiger partial charge in [0, 0.05) is 29.2 Å². The Balaban J connectivity index is 1.72. The van der Waals surface area contributed by atoms with Crippen molar-refractivity contribution in [3.05, 3.63) is 41.1 Å². The highest BCUT2D eigenvalue weighted by atomic mass is 35.5. The van der Waals surface area contributed by atoms with Crippen molar-refractivity contribution in [3.63, 3.8) is 0 Å². The van der Waals surface area contributed by atoms with Crippen molar-refractivity contribution in [1.29, 1.82) is 0 Å². The number of benzene rings is 1. The van der Waals surface area contributed by atoms with Gasteiger partial charge in [0.25, 0.3) is 0 Å². The lowest BCUT2D eigenvalue weighted by Crippen LogP contribution is -2.31. The van der Waals surface area contributed by atoms with Crippen LogP contribution < -0.4 is 0 Å². The summed E-state index contributed by atoms with van der Waals surface area (Å²) in [6.07, 6.45) is -0.518. The van der Waals surface area contributed by atoms with Gasteiger partial charge in [0.1, 0.15) is 11.9 Å². The topological polar surface area (TPSA) is 49.5 Å². The second-order valence-electron chi connectivity index (χ2n) is 5.28. The fourth-order valence-electron chi connectivity index (χ4n) is 2.65. The minimum absolute atomic E-state index is 0.0431. The highest BCUT2D eigenvalue weighted by Crippen LogP contribution is 2.25. The standard InChI is InChI=1S/C15H16ClFN2O2/c16-11-3-1-10(2-4-11)15-6-14(21-18-15)8-19-7-12(17)5-13(19)9-20/h1-4,6,12-13,20H,5,7-9H2/t12-,13-/m0/s1. The molecule has 1 aromatic heterocycles. The average molecular weight is 311 g/mol. The number of hydrogen-bond donors (Lipinski definition) is 1. The molecule has 21 heavy (non-hydrogen) atoms. The lowest BCUT2D eigenvalue weighted by atomic mass is 10.1. The Labute approximate surface area is 127 Å². The monoisotopic (exact) mass is 310 g/mol. The third-order valence-electron chi connectivity index (χ3n) is 3.75. The number of halogens is 2. The smallest absolute Gasteiger partial charge is 0.151 e. The molecule has 1 aliphatic rings. The van der Waals surface area contributed by atoms with Gasteiger partial charge >= 0.3 is 0 Å². The first kappa shape index (κ1) is 14.5. The van der Waals surface area contributed by atoms with Crippen molar-refractivity contribution >= 4 is 11.6 Å². The molecule has 0 spiro atoms. The van der Waals surface area contributed by atoms with Gasteiger partial charge in [-0.3, -0.25) is 4.90 Å². The van der Waals surface area contributed by atoms with E-state index < -0.39 is 6.17 Å². The molecule has 0 radical (unpaired) electrons. The van der Waals surface area contributed by atoms with Crippen LogP contribution >= 0.6 is 11.6 Å². The molecular weight excluding hydrogens is 295 g/mol. The van der Waals surface area contributed by atoms with E-state index in [9.17, 15) is 9.50 Å². The van der Waals surface area contributed by atoms with E-state index in [4.69, 9.17) is 16.1 Å². The van der Waals surface area contributed by atoms with Crippen LogP contribution in [0.25, 0.3) is 11.3 Å². The van der Waals surface area contributed by atoms with Gasteiger partial charge in [-0.05, 0) is 18.6 Å². The zero-order valence-electron chi connectivity index (χ0n) is 11.4. The van der Waals surface area contributed by atoms with E-state index in [1.165, 1.54) is 0 Å². The third kappa shape index (κ3) is 3.26. The van der Waals surface area contributed by atoms with Crippen LogP contribution in [0.5, 0.6) is 0 Å². The molecule has 0 bridgehead atoms. The van der Waals surface area contributed by atoms with Gasteiger partial charge in [-0.1, -0.05) is 28.9 Å². The largest absolute Gasteiger partial charge is 0.395 e. The molecule has 112 valence electrons. The van der Waals surface area contributed by atoms with E-state index in [2.05, 4.69) is 5.16 Å². The number of likely N-dealkylation sites (tertiary alicyclic amines) is 1. The third-order valence-corrected chi connectivity index (χ3v) is 4.00. The highest BCUT2D eigenvalue weighted by molar-refractivity contribution is 6.30. The molecule has 1 aliphatic heterocycles. The maximum Gasteiger partial charge on any atom is 0.151 e. The quantitative estimate of drug-likeness (QED) is 0.943. The highest BCUT2D eigenvalue weighted by Gasteiger charge is 2.32. The molecule has 0 amide bonds. The summed E-state index contributed by atoms with van der Waals surface area (Å²) in [5, 5.41) is 14.0. The molecule has 1 aromatic carbocycles. The van der Waals surface area contributed by atoms with Gasteiger partial charge in [0.15, 0.2) is 5.76 Å². The molecule has 2 atom stereocenters. The lowest BCUT2D eigenvalue weighted by Gasteiger charge is -2.20. The number of rotatable bonds is 4. The Morgan fingerprint density at radius 1 is 1.38 bits per heavy atom. The van der Waals surface area contributed by atoms with Crippen LogP contribution in [0.3, 0.4) is 0 Å². The Bertz CT molecular complexity index is 602. The summed E-state index contributed by atoms with van der Waals surface area (Å²) < 4.78 is 18.7. The van der Waals surface area contributed by atoms with Crippen LogP contribution in [0.4, 0.5) is 4.39 Å². The Morgan fingerprint density at radius 3 is 2.86 bits per heavy atom. The van der Waals surface area contributed by atoms with Crippen molar-refractivity contribution in [3.8, 4) is 11.3 Å². The van der Waals surface area contributed by atoms with E-state index in [0.29, 0.717) is 30.3 Å². The number of aromatic nitrogens is 1. The Morgan fingerprint density at radius 2 is 2.14 bits per heavy atom. The van der Waals surface area contributed by atoms with Gasteiger partial charge in [-0.15, -0.1) is 0 Å².